The molecule has 0 fully saturated rings. The second-order valence-corrected chi connectivity index (χ2v) is 3.37. The van der Waals surface area contributed by atoms with Crippen LogP contribution < -0.4 is 0 Å². The van der Waals surface area contributed by atoms with Gasteiger partial charge in [-0.3, -0.25) is 4.79 Å². The lowest BCUT2D eigenvalue weighted by molar-refractivity contribution is -0.153. The summed E-state index contributed by atoms with van der Waals surface area (Å²) < 4.78 is 31.1. The zero-order chi connectivity index (χ0) is 11.5. The summed E-state index contributed by atoms with van der Waals surface area (Å²) in [7, 11) is 0. The number of carbonyl (C=O) groups is 1. The van der Waals surface area contributed by atoms with Gasteiger partial charge in [-0.15, -0.1) is 0 Å². The van der Waals surface area contributed by atoms with Gasteiger partial charge in [0.15, 0.2) is 6.61 Å². The van der Waals surface area contributed by atoms with Crippen molar-refractivity contribution in [2.45, 2.75) is 12.8 Å². The average Bonchev–Trinajstić information content (AvgIpc) is 2.15. The second-order valence-electron chi connectivity index (χ2n) is 2.96. The summed E-state index contributed by atoms with van der Waals surface area (Å²) in [4.78, 5) is 10.4. The quantitative estimate of drug-likeness (QED) is 0.752. The Balaban J connectivity index is 2.85. The summed E-state index contributed by atoms with van der Waals surface area (Å²) in [5.41, 5.74) is -0.340. The fourth-order valence-electron chi connectivity index (χ4n) is 1.03. The third-order valence-electron chi connectivity index (χ3n) is 1.72. The Morgan fingerprint density at radius 1 is 1.47 bits per heavy atom. The standard InChI is InChI=1S/C10H9ClF2O2/c1-7(14)15-6-10(12,13)8-4-2-3-5-9(8)11/h2-5H,6H2,1H3. The molecule has 0 saturated carbocycles. The molecule has 0 saturated heterocycles. The number of halogens is 3. The first-order chi connectivity index (χ1) is 6.93. The van der Waals surface area contributed by atoms with Crippen molar-refractivity contribution in [1.82, 2.24) is 0 Å². The van der Waals surface area contributed by atoms with E-state index in [4.69, 9.17) is 11.6 Å². The predicted molar refractivity (Wildman–Crippen MR) is 52.0 cm³/mol. The van der Waals surface area contributed by atoms with Crippen molar-refractivity contribution in [3.8, 4) is 0 Å². The van der Waals surface area contributed by atoms with E-state index in [0.29, 0.717) is 0 Å². The molecule has 82 valence electrons. The maximum atomic E-state index is 13.4. The lowest BCUT2D eigenvalue weighted by atomic mass is 10.1. The van der Waals surface area contributed by atoms with Crippen molar-refractivity contribution in [3.05, 3.63) is 34.9 Å². The Hall–Kier alpha value is -1.16. The van der Waals surface area contributed by atoms with Crippen molar-refractivity contribution in [3.63, 3.8) is 0 Å². The van der Waals surface area contributed by atoms with E-state index in [-0.39, 0.29) is 10.6 Å². The summed E-state index contributed by atoms with van der Waals surface area (Å²) in [6.45, 7) is 0.0781. The molecule has 2 nitrogen and oxygen atoms in total. The fourth-order valence-corrected chi connectivity index (χ4v) is 1.30. The van der Waals surface area contributed by atoms with Crippen LogP contribution in [0, 0.1) is 0 Å². The zero-order valence-corrected chi connectivity index (χ0v) is 8.72. The van der Waals surface area contributed by atoms with Crippen LogP contribution in [-0.4, -0.2) is 12.6 Å². The molecule has 0 unspecified atom stereocenters. The molecule has 0 radical (unpaired) electrons. The van der Waals surface area contributed by atoms with Gasteiger partial charge in [0.2, 0.25) is 0 Å². The molecule has 0 spiro atoms. The lowest BCUT2D eigenvalue weighted by Gasteiger charge is -2.17. The van der Waals surface area contributed by atoms with Gasteiger partial charge in [-0.25, -0.2) is 0 Å². The van der Waals surface area contributed by atoms with Crippen LogP contribution in [0.15, 0.2) is 24.3 Å². The molecule has 5 heteroatoms. The highest BCUT2D eigenvalue weighted by molar-refractivity contribution is 6.31. The molecule has 15 heavy (non-hydrogen) atoms. The van der Waals surface area contributed by atoms with E-state index in [1.807, 2.05) is 0 Å². The number of hydrogen-bond donors (Lipinski definition) is 0. The minimum Gasteiger partial charge on any atom is -0.459 e. The minimum atomic E-state index is -3.26. The Morgan fingerprint density at radius 3 is 2.60 bits per heavy atom. The average molecular weight is 235 g/mol. The maximum Gasteiger partial charge on any atom is 0.308 e. The van der Waals surface area contributed by atoms with Gasteiger partial charge in [0.05, 0.1) is 0 Å². The van der Waals surface area contributed by atoms with Crippen LogP contribution in [0.2, 0.25) is 5.02 Å². The molecule has 0 aromatic heterocycles. The molecular formula is C10H9ClF2O2. The molecule has 0 N–H and O–H groups in total. The third-order valence-corrected chi connectivity index (χ3v) is 2.05. The van der Waals surface area contributed by atoms with E-state index >= 15 is 0 Å². The number of alkyl halides is 2. The summed E-state index contributed by atoms with van der Waals surface area (Å²) in [5.74, 6) is -4.01. The molecule has 0 atom stereocenters. The molecule has 0 aliphatic heterocycles. The van der Waals surface area contributed by atoms with Crippen molar-refractivity contribution in [1.29, 1.82) is 0 Å². The van der Waals surface area contributed by atoms with Crippen LogP contribution in [0.1, 0.15) is 12.5 Å². The number of benzene rings is 1. The first kappa shape index (κ1) is 11.9. The van der Waals surface area contributed by atoms with Crippen LogP contribution in [0.5, 0.6) is 0 Å². The van der Waals surface area contributed by atoms with Crippen molar-refractivity contribution in [2.75, 3.05) is 6.61 Å². The highest BCUT2D eigenvalue weighted by Crippen LogP contribution is 2.33. The number of hydrogen-bond acceptors (Lipinski definition) is 2. The maximum absolute atomic E-state index is 13.4. The molecular weight excluding hydrogens is 226 g/mol. The largest absolute Gasteiger partial charge is 0.459 e. The smallest absolute Gasteiger partial charge is 0.308 e. The van der Waals surface area contributed by atoms with Gasteiger partial charge in [0.25, 0.3) is 0 Å². The first-order valence-corrected chi connectivity index (χ1v) is 4.57. The summed E-state index contributed by atoms with van der Waals surface area (Å²) in [5, 5.41) is -0.0466. The van der Waals surface area contributed by atoms with Gasteiger partial charge >= 0.3 is 11.9 Å². The van der Waals surface area contributed by atoms with Crippen LogP contribution in [0.3, 0.4) is 0 Å². The van der Waals surface area contributed by atoms with Crippen LogP contribution in [0.4, 0.5) is 8.78 Å². The predicted octanol–water partition coefficient (Wildman–Crippen LogP) is 2.99. The van der Waals surface area contributed by atoms with Gasteiger partial charge in [-0.2, -0.15) is 8.78 Å². The molecule has 0 heterocycles. The van der Waals surface area contributed by atoms with Crippen molar-refractivity contribution in [2.24, 2.45) is 0 Å². The molecule has 0 amide bonds. The zero-order valence-electron chi connectivity index (χ0n) is 7.97. The van der Waals surface area contributed by atoms with Crippen molar-refractivity contribution >= 4 is 17.6 Å². The Bertz CT molecular complexity index is 366. The Kier molecular flexibility index (Phi) is 3.63. The van der Waals surface area contributed by atoms with Gasteiger partial charge in [-0.05, 0) is 6.07 Å². The van der Waals surface area contributed by atoms with Crippen LogP contribution in [0.25, 0.3) is 0 Å². The van der Waals surface area contributed by atoms with Gasteiger partial charge < -0.3 is 4.74 Å². The SMILES string of the molecule is CC(=O)OCC(F)(F)c1ccccc1Cl. The van der Waals surface area contributed by atoms with E-state index in [0.717, 1.165) is 6.92 Å². The van der Waals surface area contributed by atoms with Gasteiger partial charge in [0.1, 0.15) is 0 Å². The first-order valence-electron chi connectivity index (χ1n) is 4.19. The molecule has 0 bridgehead atoms. The fraction of sp³-hybridized carbons (Fsp3) is 0.300. The van der Waals surface area contributed by atoms with E-state index < -0.39 is 18.5 Å². The molecule has 0 aliphatic rings. The topological polar surface area (TPSA) is 26.3 Å². The summed E-state index contributed by atoms with van der Waals surface area (Å²) in [6.07, 6.45) is 0. The Labute approximate surface area is 90.8 Å². The summed E-state index contributed by atoms with van der Waals surface area (Å²) in [6, 6.07) is 5.56. The van der Waals surface area contributed by atoms with Crippen molar-refractivity contribution < 1.29 is 18.3 Å². The molecule has 0 aliphatic carbocycles. The van der Waals surface area contributed by atoms with E-state index in [2.05, 4.69) is 4.74 Å². The highest BCUT2D eigenvalue weighted by Gasteiger charge is 2.34. The number of carbonyl (C=O) groups excluding carboxylic acids is 1. The number of ether oxygens (including phenoxy) is 1. The van der Waals surface area contributed by atoms with Gasteiger partial charge in [0, 0.05) is 17.5 Å². The third kappa shape index (κ3) is 3.16. The van der Waals surface area contributed by atoms with Gasteiger partial charge in [-0.1, -0.05) is 29.8 Å². The minimum absolute atomic E-state index is 0.0466. The van der Waals surface area contributed by atoms with E-state index in [1.165, 1.54) is 18.2 Å². The van der Waals surface area contributed by atoms with Crippen LogP contribution in [-0.2, 0) is 15.5 Å². The molecule has 1 aromatic carbocycles. The lowest BCUT2D eigenvalue weighted by Crippen LogP contribution is -2.23. The van der Waals surface area contributed by atoms with E-state index in [1.54, 1.807) is 6.07 Å². The van der Waals surface area contributed by atoms with E-state index in [9.17, 15) is 13.6 Å². The highest BCUT2D eigenvalue weighted by atomic mass is 35.5. The summed E-state index contributed by atoms with van der Waals surface area (Å²) >= 11 is 5.60. The normalized spacial score (nSPS) is 11.2. The molecule has 1 rings (SSSR count). The number of esters is 1. The molecule has 1 aromatic rings. The Morgan fingerprint density at radius 2 is 2.07 bits per heavy atom. The monoisotopic (exact) mass is 234 g/mol. The second kappa shape index (κ2) is 4.57. The number of rotatable bonds is 3. The van der Waals surface area contributed by atoms with Crippen LogP contribution >= 0.6 is 11.6 Å².